The highest BCUT2D eigenvalue weighted by molar-refractivity contribution is 6.34. The third-order valence-corrected chi connectivity index (χ3v) is 4.77. The van der Waals surface area contributed by atoms with E-state index in [0.717, 1.165) is 6.42 Å². The van der Waals surface area contributed by atoms with Crippen molar-refractivity contribution in [2.24, 2.45) is 0 Å². The molecule has 152 valence electrons. The van der Waals surface area contributed by atoms with Crippen LogP contribution in [-0.2, 0) is 14.4 Å². The fourth-order valence-electron chi connectivity index (χ4n) is 2.97. The predicted molar refractivity (Wildman–Crippen MR) is 111 cm³/mol. The molecular weight excluding hydrogens is 394 g/mol. The van der Waals surface area contributed by atoms with Crippen LogP contribution in [0.25, 0.3) is 0 Å². The van der Waals surface area contributed by atoms with Gasteiger partial charge in [-0.25, -0.2) is 0 Å². The number of halogens is 1. The van der Waals surface area contributed by atoms with E-state index in [1.165, 1.54) is 0 Å². The van der Waals surface area contributed by atoms with Crippen LogP contribution in [0.4, 0.5) is 11.4 Å². The number of anilines is 2. The van der Waals surface area contributed by atoms with Crippen molar-refractivity contribution in [2.75, 3.05) is 23.4 Å². The van der Waals surface area contributed by atoms with Gasteiger partial charge >= 0.3 is 0 Å². The maximum absolute atomic E-state index is 12.4. The van der Waals surface area contributed by atoms with E-state index in [-0.39, 0.29) is 18.4 Å². The number of benzene rings is 2. The van der Waals surface area contributed by atoms with Gasteiger partial charge in [0.05, 0.1) is 10.7 Å². The average Bonchev–Trinajstić information content (AvgIpc) is 3.13. The third kappa shape index (κ3) is 5.48. The number of carbonyl (C=O) groups excluding carboxylic acids is 3. The third-order valence-electron chi connectivity index (χ3n) is 4.46. The van der Waals surface area contributed by atoms with Gasteiger partial charge in [0.1, 0.15) is 11.8 Å². The van der Waals surface area contributed by atoms with Crippen molar-refractivity contribution in [3.05, 3.63) is 53.6 Å². The number of hydrogen-bond donors (Lipinski definition) is 2. The van der Waals surface area contributed by atoms with Crippen molar-refractivity contribution in [1.82, 2.24) is 5.32 Å². The van der Waals surface area contributed by atoms with E-state index >= 15 is 0 Å². The van der Waals surface area contributed by atoms with E-state index in [1.54, 1.807) is 54.3 Å². The van der Waals surface area contributed by atoms with Gasteiger partial charge in [-0.1, -0.05) is 29.8 Å². The fraction of sp³-hybridized carbons (Fsp3) is 0.286. The zero-order valence-electron chi connectivity index (χ0n) is 16.0. The van der Waals surface area contributed by atoms with Gasteiger partial charge in [0.25, 0.3) is 5.91 Å². The summed E-state index contributed by atoms with van der Waals surface area (Å²) < 4.78 is 5.36. The summed E-state index contributed by atoms with van der Waals surface area (Å²) in [4.78, 5) is 37.9. The molecule has 0 radical (unpaired) electrons. The maximum atomic E-state index is 12.4. The zero-order chi connectivity index (χ0) is 20.8. The van der Waals surface area contributed by atoms with E-state index < -0.39 is 11.9 Å². The topological polar surface area (TPSA) is 87.7 Å². The van der Waals surface area contributed by atoms with Crippen LogP contribution in [0.3, 0.4) is 0 Å². The first-order valence-electron chi connectivity index (χ1n) is 9.32. The highest BCUT2D eigenvalue weighted by atomic mass is 35.5. The Morgan fingerprint density at radius 1 is 1.21 bits per heavy atom. The minimum atomic E-state index is -0.763. The number of nitrogens with zero attached hydrogens (tertiary/aromatic N) is 1. The van der Waals surface area contributed by atoms with Gasteiger partial charge in [-0.2, -0.15) is 0 Å². The normalized spacial score (nSPS) is 14.4. The molecule has 1 aliphatic heterocycles. The molecule has 3 amide bonds. The van der Waals surface area contributed by atoms with E-state index in [1.807, 2.05) is 6.07 Å². The molecule has 7 nitrogen and oxygen atoms in total. The van der Waals surface area contributed by atoms with Crippen molar-refractivity contribution in [1.29, 1.82) is 0 Å². The average molecular weight is 416 g/mol. The van der Waals surface area contributed by atoms with Crippen molar-refractivity contribution < 1.29 is 19.1 Å². The lowest BCUT2D eigenvalue weighted by Gasteiger charge is -2.19. The zero-order valence-corrected chi connectivity index (χ0v) is 16.7. The molecule has 1 heterocycles. The molecule has 1 saturated heterocycles. The number of ether oxygens (including phenoxy) is 1. The molecule has 0 saturated carbocycles. The van der Waals surface area contributed by atoms with E-state index in [9.17, 15) is 14.4 Å². The molecule has 8 heteroatoms. The van der Waals surface area contributed by atoms with E-state index in [0.29, 0.717) is 35.1 Å². The molecule has 0 spiro atoms. The van der Waals surface area contributed by atoms with Gasteiger partial charge in [0.2, 0.25) is 11.8 Å². The fourth-order valence-corrected chi connectivity index (χ4v) is 3.25. The second-order valence-electron chi connectivity index (χ2n) is 6.70. The standard InChI is InChI=1S/C21H22ClN3O4/c1-14(23-19(26)13-29-16-6-3-2-4-7-16)21(28)24-15-9-10-18(17(22)12-15)25-11-5-8-20(25)27/h2-4,6-7,9-10,12,14H,5,8,11,13H2,1H3,(H,23,26)(H,24,28). The lowest BCUT2D eigenvalue weighted by molar-refractivity contribution is -0.127. The molecule has 29 heavy (non-hydrogen) atoms. The number of rotatable bonds is 7. The summed E-state index contributed by atoms with van der Waals surface area (Å²) in [7, 11) is 0. The Morgan fingerprint density at radius 2 is 1.97 bits per heavy atom. The number of carbonyl (C=O) groups is 3. The number of hydrogen-bond acceptors (Lipinski definition) is 4. The lowest BCUT2D eigenvalue weighted by atomic mass is 10.2. The van der Waals surface area contributed by atoms with Crippen molar-refractivity contribution >= 4 is 40.7 Å². The summed E-state index contributed by atoms with van der Waals surface area (Å²) in [6, 6.07) is 13.2. The summed E-state index contributed by atoms with van der Waals surface area (Å²) in [5, 5.41) is 5.67. The molecule has 1 aliphatic rings. The largest absolute Gasteiger partial charge is 0.484 e. The van der Waals surface area contributed by atoms with Crippen LogP contribution < -0.4 is 20.3 Å². The van der Waals surface area contributed by atoms with E-state index in [2.05, 4.69) is 10.6 Å². The summed E-state index contributed by atoms with van der Waals surface area (Å²) in [5.74, 6) is -0.180. The van der Waals surface area contributed by atoms with Crippen LogP contribution in [-0.4, -0.2) is 36.9 Å². The molecule has 0 aliphatic carbocycles. The minimum absolute atomic E-state index is 0.0396. The van der Waals surface area contributed by atoms with Crippen LogP contribution in [0, 0.1) is 0 Å². The van der Waals surface area contributed by atoms with Crippen LogP contribution >= 0.6 is 11.6 Å². The number of nitrogens with one attached hydrogen (secondary N) is 2. The molecule has 1 atom stereocenters. The van der Waals surface area contributed by atoms with Gasteiger partial charge in [0.15, 0.2) is 6.61 Å². The number of amides is 3. The Hall–Kier alpha value is -3.06. The quantitative estimate of drug-likeness (QED) is 0.727. The molecule has 2 aromatic rings. The summed E-state index contributed by atoms with van der Waals surface area (Å²) in [6.45, 7) is 2.03. The second kappa shape index (κ2) is 9.43. The Balaban J connectivity index is 1.51. The Kier molecular flexibility index (Phi) is 6.72. The molecule has 2 aromatic carbocycles. The molecule has 1 fully saturated rings. The first-order valence-corrected chi connectivity index (χ1v) is 9.70. The smallest absolute Gasteiger partial charge is 0.258 e. The Bertz CT molecular complexity index is 904. The molecule has 1 unspecified atom stereocenters. The van der Waals surface area contributed by atoms with E-state index in [4.69, 9.17) is 16.3 Å². The van der Waals surface area contributed by atoms with Gasteiger partial charge in [-0.05, 0) is 43.7 Å². The highest BCUT2D eigenvalue weighted by Gasteiger charge is 2.24. The molecule has 2 N–H and O–H groups in total. The highest BCUT2D eigenvalue weighted by Crippen LogP contribution is 2.31. The van der Waals surface area contributed by atoms with Crippen molar-refractivity contribution in [3.63, 3.8) is 0 Å². The van der Waals surface area contributed by atoms with Crippen LogP contribution in [0.1, 0.15) is 19.8 Å². The minimum Gasteiger partial charge on any atom is -0.484 e. The Labute approximate surface area is 174 Å². The first-order chi connectivity index (χ1) is 13.9. The second-order valence-corrected chi connectivity index (χ2v) is 7.10. The molecular formula is C21H22ClN3O4. The number of para-hydroxylation sites is 1. The SMILES string of the molecule is CC(NC(=O)COc1ccccc1)C(=O)Nc1ccc(N2CCCC2=O)c(Cl)c1. The maximum Gasteiger partial charge on any atom is 0.258 e. The molecule has 0 bridgehead atoms. The molecule has 3 rings (SSSR count). The predicted octanol–water partition coefficient (Wildman–Crippen LogP) is 2.99. The lowest BCUT2D eigenvalue weighted by Crippen LogP contribution is -2.43. The summed E-state index contributed by atoms with van der Waals surface area (Å²) in [6.07, 6.45) is 1.32. The molecule has 0 aromatic heterocycles. The van der Waals surface area contributed by atoms with Crippen LogP contribution in [0.15, 0.2) is 48.5 Å². The summed E-state index contributed by atoms with van der Waals surface area (Å²) >= 11 is 6.29. The monoisotopic (exact) mass is 415 g/mol. The van der Waals surface area contributed by atoms with Gasteiger partial charge in [0, 0.05) is 18.7 Å². The van der Waals surface area contributed by atoms with Gasteiger partial charge in [-0.3, -0.25) is 14.4 Å². The van der Waals surface area contributed by atoms with Crippen molar-refractivity contribution in [2.45, 2.75) is 25.8 Å². The van der Waals surface area contributed by atoms with Crippen molar-refractivity contribution in [3.8, 4) is 5.75 Å². The van der Waals surface area contributed by atoms with Gasteiger partial charge in [-0.15, -0.1) is 0 Å². The van der Waals surface area contributed by atoms with Crippen LogP contribution in [0.5, 0.6) is 5.75 Å². The van der Waals surface area contributed by atoms with Crippen LogP contribution in [0.2, 0.25) is 5.02 Å². The summed E-state index contributed by atoms with van der Waals surface area (Å²) in [5.41, 5.74) is 1.11. The Morgan fingerprint density at radius 3 is 2.62 bits per heavy atom. The first kappa shape index (κ1) is 20.7. The van der Waals surface area contributed by atoms with Gasteiger partial charge < -0.3 is 20.3 Å².